The SMILES string of the molecule is CC(=O)c1ccc(OC(C)C(=O)N2CCCN(C)c3nc4ccccc4nc32)cc1. The highest BCUT2D eigenvalue weighted by atomic mass is 16.5. The van der Waals surface area contributed by atoms with Crippen LogP contribution in [0.4, 0.5) is 11.6 Å². The first-order valence-electron chi connectivity index (χ1n) is 10.0. The summed E-state index contributed by atoms with van der Waals surface area (Å²) in [6.07, 6.45) is 0.0918. The van der Waals surface area contributed by atoms with Gasteiger partial charge in [0.2, 0.25) is 0 Å². The summed E-state index contributed by atoms with van der Waals surface area (Å²) >= 11 is 0. The standard InChI is InChI=1S/C23H24N4O3/c1-15(28)17-9-11-18(12-10-17)30-16(2)23(29)27-14-6-13-26(3)21-22(27)25-20-8-5-4-7-19(20)24-21/h4-5,7-12,16H,6,13-14H2,1-3H3. The number of para-hydroxylation sites is 2. The minimum absolute atomic E-state index is 0.0123. The highest BCUT2D eigenvalue weighted by Gasteiger charge is 2.30. The van der Waals surface area contributed by atoms with Crippen molar-refractivity contribution in [3.63, 3.8) is 0 Å². The van der Waals surface area contributed by atoms with E-state index in [-0.39, 0.29) is 11.7 Å². The lowest BCUT2D eigenvalue weighted by molar-refractivity contribution is -0.124. The number of rotatable bonds is 4. The summed E-state index contributed by atoms with van der Waals surface area (Å²) in [5.74, 6) is 1.60. The van der Waals surface area contributed by atoms with E-state index in [1.54, 1.807) is 36.1 Å². The Bertz CT molecular complexity index is 1100. The molecule has 1 aliphatic heterocycles. The van der Waals surface area contributed by atoms with Crippen molar-refractivity contribution >= 4 is 34.4 Å². The van der Waals surface area contributed by atoms with Gasteiger partial charge in [0, 0.05) is 25.7 Å². The van der Waals surface area contributed by atoms with Crippen LogP contribution in [-0.4, -0.2) is 47.9 Å². The van der Waals surface area contributed by atoms with E-state index in [9.17, 15) is 9.59 Å². The molecule has 2 heterocycles. The second-order valence-electron chi connectivity index (χ2n) is 7.47. The van der Waals surface area contributed by atoms with Gasteiger partial charge in [-0.25, -0.2) is 9.97 Å². The fraction of sp³-hybridized carbons (Fsp3) is 0.304. The fourth-order valence-electron chi connectivity index (χ4n) is 3.55. The average molecular weight is 404 g/mol. The largest absolute Gasteiger partial charge is 0.481 e. The van der Waals surface area contributed by atoms with E-state index < -0.39 is 6.10 Å². The van der Waals surface area contributed by atoms with Crippen molar-refractivity contribution in [1.82, 2.24) is 9.97 Å². The average Bonchev–Trinajstić information content (AvgIpc) is 2.90. The predicted molar refractivity (Wildman–Crippen MR) is 116 cm³/mol. The van der Waals surface area contributed by atoms with Crippen LogP contribution >= 0.6 is 0 Å². The molecule has 4 rings (SSSR count). The second-order valence-corrected chi connectivity index (χ2v) is 7.47. The first kappa shape index (κ1) is 19.8. The van der Waals surface area contributed by atoms with E-state index in [1.807, 2.05) is 36.2 Å². The Morgan fingerprint density at radius 3 is 2.23 bits per heavy atom. The van der Waals surface area contributed by atoms with Crippen molar-refractivity contribution in [3.8, 4) is 5.75 Å². The molecule has 1 aliphatic rings. The summed E-state index contributed by atoms with van der Waals surface area (Å²) in [7, 11) is 1.97. The minimum atomic E-state index is -0.710. The van der Waals surface area contributed by atoms with Crippen molar-refractivity contribution < 1.29 is 14.3 Å². The van der Waals surface area contributed by atoms with Gasteiger partial charge in [0.25, 0.3) is 5.91 Å². The summed E-state index contributed by atoms with van der Waals surface area (Å²) in [6.45, 7) is 4.57. The molecule has 1 aromatic heterocycles. The number of hydrogen-bond acceptors (Lipinski definition) is 6. The van der Waals surface area contributed by atoms with Crippen molar-refractivity contribution in [2.45, 2.75) is 26.4 Å². The number of anilines is 2. The summed E-state index contributed by atoms with van der Waals surface area (Å²) in [6, 6.07) is 14.5. The fourth-order valence-corrected chi connectivity index (χ4v) is 3.55. The van der Waals surface area contributed by atoms with E-state index in [0.717, 1.165) is 24.0 Å². The third kappa shape index (κ3) is 3.83. The zero-order valence-corrected chi connectivity index (χ0v) is 17.3. The normalized spacial score (nSPS) is 14.8. The summed E-state index contributed by atoms with van der Waals surface area (Å²) < 4.78 is 5.87. The summed E-state index contributed by atoms with van der Waals surface area (Å²) in [5, 5.41) is 0. The number of benzene rings is 2. The maximum atomic E-state index is 13.3. The van der Waals surface area contributed by atoms with Gasteiger partial charge >= 0.3 is 0 Å². The van der Waals surface area contributed by atoms with Crippen LogP contribution in [0.1, 0.15) is 30.6 Å². The Kier molecular flexibility index (Phi) is 5.35. The Balaban J connectivity index is 1.62. The van der Waals surface area contributed by atoms with Gasteiger partial charge in [-0.1, -0.05) is 12.1 Å². The summed E-state index contributed by atoms with van der Waals surface area (Å²) in [4.78, 5) is 38.0. The van der Waals surface area contributed by atoms with E-state index in [1.165, 1.54) is 6.92 Å². The number of nitrogens with zero attached hydrogens (tertiary/aromatic N) is 4. The number of ether oxygens (including phenoxy) is 1. The molecule has 0 fully saturated rings. The van der Waals surface area contributed by atoms with Crippen LogP contribution in [0.15, 0.2) is 48.5 Å². The third-order valence-electron chi connectivity index (χ3n) is 5.21. The molecule has 7 heteroatoms. The lowest BCUT2D eigenvalue weighted by atomic mass is 10.1. The molecule has 1 atom stereocenters. The van der Waals surface area contributed by atoms with Crippen LogP contribution in [0.25, 0.3) is 11.0 Å². The van der Waals surface area contributed by atoms with E-state index in [0.29, 0.717) is 29.5 Å². The molecule has 154 valence electrons. The first-order chi connectivity index (χ1) is 14.4. The molecule has 2 aromatic carbocycles. The zero-order chi connectivity index (χ0) is 21.3. The van der Waals surface area contributed by atoms with Crippen LogP contribution in [0.2, 0.25) is 0 Å². The molecule has 7 nitrogen and oxygen atoms in total. The van der Waals surface area contributed by atoms with Crippen molar-refractivity contribution in [1.29, 1.82) is 0 Å². The number of aromatic nitrogens is 2. The topological polar surface area (TPSA) is 75.6 Å². The lowest BCUT2D eigenvalue weighted by Gasteiger charge is -2.25. The van der Waals surface area contributed by atoms with Crippen LogP contribution in [0.5, 0.6) is 5.75 Å². The van der Waals surface area contributed by atoms with Crippen LogP contribution in [-0.2, 0) is 4.79 Å². The smallest absolute Gasteiger partial charge is 0.269 e. The molecular formula is C23H24N4O3. The number of fused-ring (bicyclic) bond motifs is 2. The van der Waals surface area contributed by atoms with Crippen LogP contribution in [0.3, 0.4) is 0 Å². The quantitative estimate of drug-likeness (QED) is 0.620. The monoisotopic (exact) mass is 404 g/mol. The molecule has 3 aromatic rings. The van der Waals surface area contributed by atoms with E-state index >= 15 is 0 Å². The minimum Gasteiger partial charge on any atom is -0.481 e. The first-order valence-corrected chi connectivity index (χ1v) is 10.0. The van der Waals surface area contributed by atoms with Gasteiger partial charge in [0.1, 0.15) is 5.75 Å². The Morgan fingerprint density at radius 1 is 0.967 bits per heavy atom. The second kappa shape index (κ2) is 8.10. The number of ketones is 1. The molecule has 0 saturated carbocycles. The van der Waals surface area contributed by atoms with Gasteiger partial charge in [0.15, 0.2) is 23.5 Å². The van der Waals surface area contributed by atoms with E-state index in [4.69, 9.17) is 14.7 Å². The van der Waals surface area contributed by atoms with E-state index in [2.05, 4.69) is 0 Å². The van der Waals surface area contributed by atoms with Crippen molar-refractivity contribution in [2.24, 2.45) is 0 Å². The van der Waals surface area contributed by atoms with Gasteiger partial charge in [0.05, 0.1) is 11.0 Å². The highest BCUT2D eigenvalue weighted by molar-refractivity contribution is 5.99. The van der Waals surface area contributed by atoms with Gasteiger partial charge in [-0.3, -0.25) is 14.5 Å². The molecule has 0 N–H and O–H groups in total. The predicted octanol–water partition coefficient (Wildman–Crippen LogP) is 3.47. The molecule has 1 amide bonds. The Hall–Kier alpha value is -3.48. The number of hydrogen-bond donors (Lipinski definition) is 0. The number of carbonyl (C=O) groups excluding carboxylic acids is 2. The zero-order valence-electron chi connectivity index (χ0n) is 17.3. The molecule has 0 spiro atoms. The Morgan fingerprint density at radius 2 is 1.60 bits per heavy atom. The highest BCUT2D eigenvalue weighted by Crippen LogP contribution is 2.31. The molecule has 0 radical (unpaired) electrons. The number of Topliss-reactive ketones (excluding diaryl/α,β-unsaturated/α-hetero) is 1. The van der Waals surface area contributed by atoms with Gasteiger partial charge in [-0.15, -0.1) is 0 Å². The van der Waals surface area contributed by atoms with Gasteiger partial charge in [-0.05, 0) is 56.7 Å². The molecule has 30 heavy (non-hydrogen) atoms. The lowest BCUT2D eigenvalue weighted by Crippen LogP contribution is -2.41. The molecule has 1 unspecified atom stereocenters. The molecule has 0 bridgehead atoms. The number of amides is 1. The van der Waals surface area contributed by atoms with Crippen molar-refractivity contribution in [3.05, 3.63) is 54.1 Å². The maximum absolute atomic E-state index is 13.3. The molecule has 0 aliphatic carbocycles. The van der Waals surface area contributed by atoms with Gasteiger partial charge in [-0.2, -0.15) is 0 Å². The third-order valence-corrected chi connectivity index (χ3v) is 5.21. The van der Waals surface area contributed by atoms with Crippen molar-refractivity contribution in [2.75, 3.05) is 29.9 Å². The van der Waals surface area contributed by atoms with Crippen LogP contribution < -0.4 is 14.5 Å². The van der Waals surface area contributed by atoms with Crippen LogP contribution in [0, 0.1) is 0 Å². The maximum Gasteiger partial charge on any atom is 0.269 e. The summed E-state index contributed by atoms with van der Waals surface area (Å²) in [5.41, 5.74) is 2.15. The number of carbonyl (C=O) groups is 2. The van der Waals surface area contributed by atoms with Gasteiger partial charge < -0.3 is 9.64 Å². The molecule has 0 saturated heterocycles. The Labute approximate surface area is 175 Å². The molecular weight excluding hydrogens is 380 g/mol.